The molecule has 1 aromatic rings. The zero-order valence-corrected chi connectivity index (χ0v) is 9.09. The van der Waals surface area contributed by atoms with Crippen molar-refractivity contribution in [2.45, 2.75) is 12.5 Å². The van der Waals surface area contributed by atoms with Crippen LogP contribution in [0.25, 0.3) is 0 Å². The molecule has 0 spiro atoms. The Morgan fingerprint density at radius 3 is 3.20 bits per heavy atom. The van der Waals surface area contributed by atoms with E-state index in [0.29, 0.717) is 11.4 Å². The van der Waals surface area contributed by atoms with Crippen LogP contribution in [0.2, 0.25) is 0 Å². The van der Waals surface area contributed by atoms with Gasteiger partial charge in [0.25, 0.3) is 5.91 Å². The average Bonchev–Trinajstić information content (AvgIpc) is 2.71. The number of aromatic nitrogens is 1. The molecule has 2 heterocycles. The maximum Gasteiger partial charge on any atom is 0.272 e. The fourth-order valence-electron chi connectivity index (χ4n) is 1.51. The summed E-state index contributed by atoms with van der Waals surface area (Å²) in [5.41, 5.74) is 6.43. The summed E-state index contributed by atoms with van der Waals surface area (Å²) in [4.78, 5) is 15.7. The number of rotatable bonds is 2. The summed E-state index contributed by atoms with van der Waals surface area (Å²) in [7, 11) is 0. The van der Waals surface area contributed by atoms with Crippen molar-refractivity contribution in [1.29, 1.82) is 0 Å². The van der Waals surface area contributed by atoms with Crippen molar-refractivity contribution in [2.24, 2.45) is 0 Å². The minimum Gasteiger partial charge on any atom is -0.397 e. The SMILES string of the molecule is Nc1cccnc1C(=O)NC1CCSC1. The molecule has 0 bridgehead atoms. The number of carbonyl (C=O) groups excluding carboxylic acids is 1. The molecule has 1 unspecified atom stereocenters. The second kappa shape index (κ2) is 4.53. The van der Waals surface area contributed by atoms with Gasteiger partial charge in [0.15, 0.2) is 5.69 Å². The van der Waals surface area contributed by atoms with Gasteiger partial charge in [-0.15, -0.1) is 0 Å². The summed E-state index contributed by atoms with van der Waals surface area (Å²) in [6.45, 7) is 0. The van der Waals surface area contributed by atoms with Crippen molar-refractivity contribution in [3.05, 3.63) is 24.0 Å². The highest BCUT2D eigenvalue weighted by Crippen LogP contribution is 2.17. The summed E-state index contributed by atoms with van der Waals surface area (Å²) < 4.78 is 0. The van der Waals surface area contributed by atoms with Gasteiger partial charge in [-0.05, 0) is 24.3 Å². The van der Waals surface area contributed by atoms with Crippen LogP contribution in [0.3, 0.4) is 0 Å². The lowest BCUT2D eigenvalue weighted by Crippen LogP contribution is -2.35. The molecule has 1 aliphatic rings. The van der Waals surface area contributed by atoms with Crippen molar-refractivity contribution in [2.75, 3.05) is 17.2 Å². The van der Waals surface area contributed by atoms with Crippen LogP contribution in [-0.2, 0) is 0 Å². The van der Waals surface area contributed by atoms with Crippen LogP contribution in [0.5, 0.6) is 0 Å². The number of anilines is 1. The number of hydrogen-bond acceptors (Lipinski definition) is 4. The molecule has 5 heteroatoms. The van der Waals surface area contributed by atoms with Crippen LogP contribution in [-0.4, -0.2) is 28.4 Å². The summed E-state index contributed by atoms with van der Waals surface area (Å²) in [5, 5.41) is 2.93. The summed E-state index contributed by atoms with van der Waals surface area (Å²) in [5.74, 6) is 1.93. The van der Waals surface area contributed by atoms with E-state index in [2.05, 4.69) is 10.3 Å². The van der Waals surface area contributed by atoms with Crippen LogP contribution in [0.4, 0.5) is 5.69 Å². The predicted octanol–water partition coefficient (Wildman–Crippen LogP) is 0.899. The van der Waals surface area contributed by atoms with Crippen molar-refractivity contribution < 1.29 is 4.79 Å². The van der Waals surface area contributed by atoms with E-state index in [9.17, 15) is 4.79 Å². The number of nitrogens with two attached hydrogens (primary N) is 1. The van der Waals surface area contributed by atoms with Gasteiger partial charge < -0.3 is 11.1 Å². The van der Waals surface area contributed by atoms with Crippen LogP contribution in [0, 0.1) is 0 Å². The Bertz CT molecular complexity index is 363. The molecule has 3 N–H and O–H groups in total. The van der Waals surface area contributed by atoms with Crippen molar-refractivity contribution in [3.8, 4) is 0 Å². The molecule has 1 saturated heterocycles. The molecule has 0 saturated carbocycles. The molecule has 1 aromatic heterocycles. The van der Waals surface area contributed by atoms with Gasteiger partial charge >= 0.3 is 0 Å². The van der Waals surface area contributed by atoms with Gasteiger partial charge in [-0.1, -0.05) is 0 Å². The van der Waals surface area contributed by atoms with E-state index in [-0.39, 0.29) is 11.9 Å². The van der Waals surface area contributed by atoms with E-state index in [1.165, 1.54) is 0 Å². The van der Waals surface area contributed by atoms with E-state index < -0.39 is 0 Å². The minimum absolute atomic E-state index is 0.166. The highest BCUT2D eigenvalue weighted by Gasteiger charge is 2.19. The van der Waals surface area contributed by atoms with E-state index in [4.69, 9.17) is 5.73 Å². The maximum atomic E-state index is 11.8. The normalized spacial score (nSPS) is 20.1. The average molecular weight is 223 g/mol. The number of thioether (sulfide) groups is 1. The number of nitrogens with one attached hydrogen (secondary N) is 1. The van der Waals surface area contributed by atoms with Crippen molar-refractivity contribution in [1.82, 2.24) is 10.3 Å². The zero-order valence-electron chi connectivity index (χ0n) is 8.27. The lowest BCUT2D eigenvalue weighted by atomic mass is 10.2. The third kappa shape index (κ3) is 2.41. The molecular weight excluding hydrogens is 210 g/mol. The second-order valence-electron chi connectivity index (χ2n) is 3.48. The first kappa shape index (κ1) is 10.3. The zero-order chi connectivity index (χ0) is 10.7. The maximum absolute atomic E-state index is 11.8. The molecule has 0 aromatic carbocycles. The molecule has 1 amide bonds. The smallest absolute Gasteiger partial charge is 0.272 e. The Hall–Kier alpha value is -1.23. The highest BCUT2D eigenvalue weighted by molar-refractivity contribution is 7.99. The van der Waals surface area contributed by atoms with Crippen LogP contribution in [0.15, 0.2) is 18.3 Å². The standard InChI is InChI=1S/C10H13N3OS/c11-8-2-1-4-12-9(8)10(14)13-7-3-5-15-6-7/h1-2,4,7H,3,5-6,11H2,(H,13,14). The molecule has 1 fully saturated rings. The van der Waals surface area contributed by atoms with Gasteiger partial charge in [0.05, 0.1) is 5.69 Å². The number of carbonyl (C=O) groups is 1. The molecule has 1 atom stereocenters. The van der Waals surface area contributed by atoms with Crippen molar-refractivity contribution >= 4 is 23.4 Å². The van der Waals surface area contributed by atoms with Gasteiger partial charge in [-0.3, -0.25) is 4.79 Å². The number of nitrogens with zero attached hydrogens (tertiary/aromatic N) is 1. The molecule has 0 radical (unpaired) electrons. The summed E-state index contributed by atoms with van der Waals surface area (Å²) in [6, 6.07) is 3.67. The topological polar surface area (TPSA) is 68.0 Å². The lowest BCUT2D eigenvalue weighted by molar-refractivity contribution is 0.0937. The Morgan fingerprint density at radius 1 is 1.67 bits per heavy atom. The van der Waals surface area contributed by atoms with Gasteiger partial charge in [-0.2, -0.15) is 11.8 Å². The lowest BCUT2D eigenvalue weighted by Gasteiger charge is -2.11. The van der Waals surface area contributed by atoms with E-state index >= 15 is 0 Å². The fraction of sp³-hybridized carbons (Fsp3) is 0.400. The number of hydrogen-bond donors (Lipinski definition) is 2. The van der Waals surface area contributed by atoms with Gasteiger partial charge in [0, 0.05) is 18.0 Å². The fourth-order valence-corrected chi connectivity index (χ4v) is 2.66. The van der Waals surface area contributed by atoms with Gasteiger partial charge in [0.2, 0.25) is 0 Å². The largest absolute Gasteiger partial charge is 0.397 e. The Labute approximate surface area is 92.6 Å². The quantitative estimate of drug-likeness (QED) is 0.781. The van der Waals surface area contributed by atoms with Gasteiger partial charge in [0.1, 0.15) is 0 Å². The minimum atomic E-state index is -0.166. The number of pyridine rings is 1. The van der Waals surface area contributed by atoms with Crippen LogP contribution in [0.1, 0.15) is 16.9 Å². The summed E-state index contributed by atoms with van der Waals surface area (Å²) >= 11 is 1.86. The first-order valence-corrected chi connectivity index (χ1v) is 6.02. The molecule has 80 valence electrons. The monoisotopic (exact) mass is 223 g/mol. The Kier molecular flexibility index (Phi) is 3.11. The molecule has 2 rings (SSSR count). The third-order valence-electron chi connectivity index (χ3n) is 2.32. The van der Waals surface area contributed by atoms with Crippen molar-refractivity contribution in [3.63, 3.8) is 0 Å². The summed E-state index contributed by atoms with van der Waals surface area (Å²) in [6.07, 6.45) is 2.61. The highest BCUT2D eigenvalue weighted by atomic mass is 32.2. The molecule has 4 nitrogen and oxygen atoms in total. The molecular formula is C10H13N3OS. The van der Waals surface area contributed by atoms with Crippen LogP contribution >= 0.6 is 11.8 Å². The molecule has 1 aliphatic heterocycles. The molecule has 0 aliphatic carbocycles. The van der Waals surface area contributed by atoms with E-state index in [1.807, 2.05) is 11.8 Å². The Balaban J connectivity index is 2.04. The predicted molar refractivity (Wildman–Crippen MR) is 61.8 cm³/mol. The second-order valence-corrected chi connectivity index (χ2v) is 4.63. The first-order chi connectivity index (χ1) is 7.27. The van der Waals surface area contributed by atoms with Gasteiger partial charge in [-0.25, -0.2) is 4.98 Å². The van der Waals surface area contributed by atoms with E-state index in [0.717, 1.165) is 17.9 Å². The number of nitrogen functional groups attached to an aromatic ring is 1. The number of amides is 1. The van der Waals surface area contributed by atoms with E-state index in [1.54, 1.807) is 18.3 Å². The Morgan fingerprint density at radius 2 is 2.53 bits per heavy atom. The first-order valence-electron chi connectivity index (χ1n) is 4.86. The third-order valence-corrected chi connectivity index (χ3v) is 3.48. The van der Waals surface area contributed by atoms with Crippen LogP contribution < -0.4 is 11.1 Å². The molecule has 15 heavy (non-hydrogen) atoms.